The molecule has 0 bridgehead atoms. The van der Waals surface area contributed by atoms with Crippen molar-refractivity contribution >= 4 is 11.6 Å². The van der Waals surface area contributed by atoms with Crippen LogP contribution >= 0.6 is 0 Å². The number of benzene rings is 1. The highest BCUT2D eigenvalue weighted by Gasteiger charge is 2.39. The predicted octanol–water partition coefficient (Wildman–Crippen LogP) is 2.19. The Kier molecular flexibility index (Phi) is 3.89. The number of fused-ring (bicyclic) bond motifs is 1. The highest BCUT2D eigenvalue weighted by Crippen LogP contribution is 2.36. The number of carbonyl (C=O) groups is 1. The maximum absolute atomic E-state index is 12.6. The molecule has 1 saturated carbocycles. The van der Waals surface area contributed by atoms with E-state index in [1.165, 1.54) is 19.3 Å². The van der Waals surface area contributed by atoms with Crippen LogP contribution in [0.2, 0.25) is 0 Å². The standard InChI is InChI=1S/C17H25N3O/c1-20(2)17(9-5-10-17)12-19-16(21)14-8-11-18-15-7-4-3-6-13(14)15/h3-4,6-7,14,18H,5,8-12H2,1-2H3,(H,19,21). The van der Waals surface area contributed by atoms with Gasteiger partial charge in [0.05, 0.1) is 5.92 Å². The van der Waals surface area contributed by atoms with Crippen molar-refractivity contribution in [1.82, 2.24) is 10.2 Å². The third-order valence-electron chi connectivity index (χ3n) is 5.23. The highest BCUT2D eigenvalue weighted by atomic mass is 16.1. The zero-order valence-corrected chi connectivity index (χ0v) is 13.0. The first-order valence-corrected chi connectivity index (χ1v) is 7.90. The van der Waals surface area contributed by atoms with Crippen molar-refractivity contribution in [2.24, 2.45) is 0 Å². The van der Waals surface area contributed by atoms with E-state index in [9.17, 15) is 4.79 Å². The van der Waals surface area contributed by atoms with Crippen LogP contribution in [0.25, 0.3) is 0 Å². The van der Waals surface area contributed by atoms with Gasteiger partial charge in [-0.2, -0.15) is 0 Å². The van der Waals surface area contributed by atoms with Crippen LogP contribution in [-0.4, -0.2) is 43.5 Å². The molecule has 1 aromatic rings. The average Bonchev–Trinajstić information content (AvgIpc) is 2.45. The normalized spacial score (nSPS) is 22.9. The lowest BCUT2D eigenvalue weighted by atomic mass is 9.75. The average molecular weight is 287 g/mol. The minimum Gasteiger partial charge on any atom is -0.385 e. The van der Waals surface area contributed by atoms with E-state index in [-0.39, 0.29) is 17.4 Å². The van der Waals surface area contributed by atoms with Crippen LogP contribution < -0.4 is 10.6 Å². The number of likely N-dealkylation sites (N-methyl/N-ethyl adjacent to an activating group) is 1. The molecule has 0 aromatic heterocycles. The number of nitrogens with zero attached hydrogens (tertiary/aromatic N) is 1. The fourth-order valence-electron chi connectivity index (χ4n) is 3.48. The van der Waals surface area contributed by atoms with Gasteiger partial charge < -0.3 is 15.5 Å². The second-order valence-corrected chi connectivity index (χ2v) is 6.55. The summed E-state index contributed by atoms with van der Waals surface area (Å²) < 4.78 is 0. The maximum Gasteiger partial charge on any atom is 0.227 e. The quantitative estimate of drug-likeness (QED) is 0.892. The smallest absolute Gasteiger partial charge is 0.227 e. The zero-order chi connectivity index (χ0) is 14.9. The lowest BCUT2D eigenvalue weighted by molar-refractivity contribution is -0.123. The van der Waals surface area contributed by atoms with Gasteiger partial charge in [-0.25, -0.2) is 0 Å². The molecule has 1 unspecified atom stereocenters. The topological polar surface area (TPSA) is 44.4 Å². The van der Waals surface area contributed by atoms with Gasteiger partial charge in [-0.05, 0) is 51.4 Å². The Morgan fingerprint density at radius 3 is 2.81 bits per heavy atom. The van der Waals surface area contributed by atoms with Crippen molar-refractivity contribution in [3.63, 3.8) is 0 Å². The van der Waals surface area contributed by atoms with Crippen molar-refractivity contribution in [1.29, 1.82) is 0 Å². The molecular formula is C17H25N3O. The SMILES string of the molecule is CN(C)C1(CNC(=O)C2CCNc3ccccc32)CCC1. The Morgan fingerprint density at radius 1 is 1.38 bits per heavy atom. The third kappa shape index (κ3) is 2.64. The van der Waals surface area contributed by atoms with E-state index < -0.39 is 0 Å². The molecular weight excluding hydrogens is 262 g/mol. The lowest BCUT2D eigenvalue weighted by Crippen LogP contribution is -2.57. The predicted molar refractivity (Wildman–Crippen MR) is 85.6 cm³/mol. The summed E-state index contributed by atoms with van der Waals surface area (Å²) in [5.41, 5.74) is 2.42. The Bertz CT molecular complexity index is 523. The largest absolute Gasteiger partial charge is 0.385 e. The van der Waals surface area contributed by atoms with Gasteiger partial charge in [0.2, 0.25) is 5.91 Å². The van der Waals surface area contributed by atoms with E-state index in [0.717, 1.165) is 30.8 Å². The van der Waals surface area contributed by atoms with Gasteiger partial charge in [0.1, 0.15) is 0 Å². The zero-order valence-electron chi connectivity index (χ0n) is 13.0. The Hall–Kier alpha value is -1.55. The van der Waals surface area contributed by atoms with Gasteiger partial charge in [0.15, 0.2) is 0 Å². The molecule has 0 spiro atoms. The molecule has 2 aliphatic rings. The second-order valence-electron chi connectivity index (χ2n) is 6.55. The van der Waals surface area contributed by atoms with Crippen LogP contribution in [0, 0.1) is 0 Å². The first kappa shape index (κ1) is 14.4. The molecule has 1 fully saturated rings. The minimum absolute atomic E-state index is 0.0123. The number of nitrogens with one attached hydrogen (secondary N) is 2. The summed E-state index contributed by atoms with van der Waals surface area (Å²) in [7, 11) is 4.23. The van der Waals surface area contributed by atoms with Crippen molar-refractivity contribution in [3.8, 4) is 0 Å². The summed E-state index contributed by atoms with van der Waals surface area (Å²) >= 11 is 0. The van der Waals surface area contributed by atoms with Gasteiger partial charge in [-0.3, -0.25) is 4.79 Å². The Labute approximate surface area is 126 Å². The van der Waals surface area contributed by atoms with E-state index in [0.29, 0.717) is 0 Å². The van der Waals surface area contributed by atoms with E-state index in [1.807, 2.05) is 12.1 Å². The molecule has 1 heterocycles. The Morgan fingerprint density at radius 2 is 2.14 bits per heavy atom. The minimum atomic E-state index is -0.0123. The molecule has 2 N–H and O–H groups in total. The monoisotopic (exact) mass is 287 g/mol. The fraction of sp³-hybridized carbons (Fsp3) is 0.588. The van der Waals surface area contributed by atoms with Crippen LogP contribution in [-0.2, 0) is 4.79 Å². The van der Waals surface area contributed by atoms with Crippen molar-refractivity contribution in [2.75, 3.05) is 32.5 Å². The number of hydrogen-bond acceptors (Lipinski definition) is 3. The summed E-state index contributed by atoms with van der Waals surface area (Å²) in [6.07, 6.45) is 4.51. The summed E-state index contributed by atoms with van der Waals surface area (Å²) in [6.45, 7) is 1.64. The molecule has 0 radical (unpaired) electrons. The van der Waals surface area contributed by atoms with E-state index in [4.69, 9.17) is 0 Å². The third-order valence-corrected chi connectivity index (χ3v) is 5.23. The molecule has 114 valence electrons. The van der Waals surface area contributed by atoms with Gasteiger partial charge in [-0.1, -0.05) is 18.2 Å². The summed E-state index contributed by atoms with van der Waals surface area (Å²) in [5.74, 6) is 0.166. The number of anilines is 1. The van der Waals surface area contributed by atoms with Crippen LogP contribution in [0.1, 0.15) is 37.2 Å². The van der Waals surface area contributed by atoms with Crippen molar-refractivity contribution < 1.29 is 4.79 Å². The molecule has 1 aromatic carbocycles. The number of rotatable bonds is 4. The van der Waals surface area contributed by atoms with E-state index in [1.54, 1.807) is 0 Å². The molecule has 1 atom stereocenters. The first-order valence-electron chi connectivity index (χ1n) is 7.90. The summed E-state index contributed by atoms with van der Waals surface area (Å²) in [5, 5.41) is 6.58. The molecule has 4 nitrogen and oxygen atoms in total. The molecule has 4 heteroatoms. The molecule has 0 saturated heterocycles. The van der Waals surface area contributed by atoms with E-state index in [2.05, 4.69) is 41.8 Å². The van der Waals surface area contributed by atoms with E-state index >= 15 is 0 Å². The molecule has 21 heavy (non-hydrogen) atoms. The van der Waals surface area contributed by atoms with Crippen LogP contribution in [0.15, 0.2) is 24.3 Å². The summed E-state index contributed by atoms with van der Waals surface area (Å²) in [6, 6.07) is 8.15. The number of amides is 1. The second kappa shape index (κ2) is 5.68. The maximum atomic E-state index is 12.6. The van der Waals surface area contributed by atoms with Crippen molar-refractivity contribution in [2.45, 2.75) is 37.1 Å². The number of carbonyl (C=O) groups excluding carboxylic acids is 1. The molecule has 1 amide bonds. The van der Waals surface area contributed by atoms with Gasteiger partial charge in [0, 0.05) is 24.3 Å². The number of para-hydroxylation sites is 1. The lowest BCUT2D eigenvalue weighted by Gasteiger charge is -2.47. The molecule has 1 aliphatic carbocycles. The van der Waals surface area contributed by atoms with Crippen LogP contribution in [0.3, 0.4) is 0 Å². The molecule has 3 rings (SSSR count). The summed E-state index contributed by atoms with van der Waals surface area (Å²) in [4.78, 5) is 14.9. The highest BCUT2D eigenvalue weighted by molar-refractivity contribution is 5.86. The fourth-order valence-corrected chi connectivity index (χ4v) is 3.48. The van der Waals surface area contributed by atoms with Gasteiger partial charge in [0.25, 0.3) is 0 Å². The van der Waals surface area contributed by atoms with Crippen LogP contribution in [0.4, 0.5) is 5.69 Å². The molecule has 1 aliphatic heterocycles. The Balaban J connectivity index is 1.67. The number of hydrogen-bond donors (Lipinski definition) is 2. The van der Waals surface area contributed by atoms with Gasteiger partial charge >= 0.3 is 0 Å². The van der Waals surface area contributed by atoms with Crippen LogP contribution in [0.5, 0.6) is 0 Å². The van der Waals surface area contributed by atoms with Gasteiger partial charge in [-0.15, -0.1) is 0 Å². The van der Waals surface area contributed by atoms with Crippen molar-refractivity contribution in [3.05, 3.63) is 29.8 Å². The first-order chi connectivity index (χ1) is 10.1.